The van der Waals surface area contributed by atoms with E-state index in [1.165, 1.54) is 5.56 Å². The molecule has 0 aliphatic carbocycles. The quantitative estimate of drug-likeness (QED) is 0.752. The van der Waals surface area contributed by atoms with Crippen molar-refractivity contribution in [2.45, 2.75) is 19.4 Å². The zero-order chi connectivity index (χ0) is 20.2. The number of aliphatic hydroxyl groups is 1. The molecule has 29 heavy (non-hydrogen) atoms. The van der Waals surface area contributed by atoms with Crippen molar-refractivity contribution in [3.8, 4) is 11.5 Å². The third kappa shape index (κ3) is 4.41. The summed E-state index contributed by atoms with van der Waals surface area (Å²) in [6.45, 7) is 5.75. The van der Waals surface area contributed by atoms with Gasteiger partial charge in [-0.3, -0.25) is 9.69 Å². The molecule has 1 amide bonds. The van der Waals surface area contributed by atoms with E-state index in [9.17, 15) is 4.79 Å². The molecule has 1 atom stereocenters. The molecule has 0 spiro atoms. The van der Waals surface area contributed by atoms with Crippen LogP contribution in [-0.4, -0.2) is 65.5 Å². The van der Waals surface area contributed by atoms with E-state index in [1.807, 2.05) is 6.07 Å². The minimum atomic E-state index is -0.255. The number of aromatic nitrogens is 2. The molecular formula is C20H25N5O4. The summed E-state index contributed by atoms with van der Waals surface area (Å²) in [4.78, 5) is 24.8. The number of amides is 1. The van der Waals surface area contributed by atoms with Crippen LogP contribution in [0.5, 0.6) is 11.5 Å². The van der Waals surface area contributed by atoms with Crippen LogP contribution in [-0.2, 0) is 4.79 Å². The van der Waals surface area contributed by atoms with E-state index >= 15 is 0 Å². The molecule has 1 aromatic carbocycles. The molecule has 2 N–H and O–H groups in total. The number of hydrogen-bond acceptors (Lipinski definition) is 8. The number of carbonyl (C=O) groups is 1. The SMILES string of the molecule is CC(c1ccc2c(c1)OCO2)N1CCN(c2ncc(NC(=O)CCO)cn2)CC1. The van der Waals surface area contributed by atoms with Crippen LogP contribution in [0.2, 0.25) is 0 Å². The molecule has 1 saturated heterocycles. The molecule has 0 radical (unpaired) electrons. The van der Waals surface area contributed by atoms with Crippen molar-refractivity contribution in [1.82, 2.24) is 14.9 Å². The van der Waals surface area contributed by atoms with Crippen LogP contribution in [0.3, 0.4) is 0 Å². The molecule has 2 aliphatic rings. The van der Waals surface area contributed by atoms with Crippen LogP contribution in [0, 0.1) is 0 Å². The highest BCUT2D eigenvalue weighted by molar-refractivity contribution is 5.90. The van der Waals surface area contributed by atoms with E-state index in [4.69, 9.17) is 14.6 Å². The van der Waals surface area contributed by atoms with Gasteiger partial charge in [0, 0.05) is 32.2 Å². The lowest BCUT2D eigenvalue weighted by Gasteiger charge is -2.38. The first-order valence-electron chi connectivity index (χ1n) is 9.75. The van der Waals surface area contributed by atoms with Gasteiger partial charge in [-0.05, 0) is 24.6 Å². The summed E-state index contributed by atoms with van der Waals surface area (Å²) in [7, 11) is 0. The van der Waals surface area contributed by atoms with Gasteiger partial charge in [-0.2, -0.15) is 0 Å². The van der Waals surface area contributed by atoms with E-state index in [2.05, 4.69) is 44.1 Å². The molecule has 9 nitrogen and oxygen atoms in total. The van der Waals surface area contributed by atoms with Gasteiger partial charge < -0.3 is 24.8 Å². The molecule has 154 valence electrons. The van der Waals surface area contributed by atoms with Crippen molar-refractivity contribution in [3.05, 3.63) is 36.2 Å². The van der Waals surface area contributed by atoms with Gasteiger partial charge in [0.15, 0.2) is 11.5 Å². The molecule has 1 fully saturated rings. The molecule has 9 heteroatoms. The van der Waals surface area contributed by atoms with Gasteiger partial charge in [0.2, 0.25) is 18.6 Å². The number of anilines is 2. The number of rotatable bonds is 6. The molecule has 0 bridgehead atoms. The Balaban J connectivity index is 1.32. The zero-order valence-electron chi connectivity index (χ0n) is 16.4. The second kappa shape index (κ2) is 8.62. The number of aliphatic hydroxyl groups excluding tert-OH is 1. The van der Waals surface area contributed by atoms with Gasteiger partial charge >= 0.3 is 0 Å². The highest BCUT2D eigenvalue weighted by Gasteiger charge is 2.25. The zero-order valence-corrected chi connectivity index (χ0v) is 16.4. The van der Waals surface area contributed by atoms with Crippen LogP contribution in [0.25, 0.3) is 0 Å². The Morgan fingerprint density at radius 1 is 1.17 bits per heavy atom. The Morgan fingerprint density at radius 3 is 2.62 bits per heavy atom. The number of nitrogens with zero attached hydrogens (tertiary/aromatic N) is 4. The van der Waals surface area contributed by atoms with Crippen molar-refractivity contribution in [2.75, 3.05) is 49.8 Å². The summed E-state index contributed by atoms with van der Waals surface area (Å²) in [6, 6.07) is 6.40. The van der Waals surface area contributed by atoms with Gasteiger partial charge in [-0.25, -0.2) is 9.97 Å². The first-order chi connectivity index (χ1) is 14.1. The summed E-state index contributed by atoms with van der Waals surface area (Å²) in [5, 5.41) is 11.4. The molecule has 2 aliphatic heterocycles. The molecule has 1 aromatic heterocycles. The number of benzene rings is 1. The summed E-state index contributed by atoms with van der Waals surface area (Å²) in [6.07, 6.45) is 3.25. The fraction of sp³-hybridized carbons (Fsp3) is 0.450. The second-order valence-electron chi connectivity index (χ2n) is 7.11. The van der Waals surface area contributed by atoms with Crippen molar-refractivity contribution in [1.29, 1.82) is 0 Å². The average molecular weight is 399 g/mol. The number of carbonyl (C=O) groups excluding carboxylic acids is 1. The van der Waals surface area contributed by atoms with Gasteiger partial charge in [-0.15, -0.1) is 0 Å². The lowest BCUT2D eigenvalue weighted by atomic mass is 10.1. The van der Waals surface area contributed by atoms with Gasteiger partial charge in [-0.1, -0.05) is 6.07 Å². The molecule has 1 unspecified atom stereocenters. The fourth-order valence-electron chi connectivity index (χ4n) is 3.57. The maximum absolute atomic E-state index is 11.5. The Hall–Kier alpha value is -2.91. The minimum Gasteiger partial charge on any atom is -0.454 e. The van der Waals surface area contributed by atoms with E-state index < -0.39 is 0 Å². The number of fused-ring (bicyclic) bond motifs is 1. The predicted molar refractivity (Wildman–Crippen MR) is 107 cm³/mol. The number of ether oxygens (including phenoxy) is 2. The maximum Gasteiger partial charge on any atom is 0.231 e. The topological polar surface area (TPSA) is 100 Å². The number of piperazine rings is 1. The standard InChI is InChI=1S/C20H25N5O4/c1-14(15-2-3-17-18(10-15)29-13-28-17)24-5-7-25(8-6-24)20-21-11-16(12-22-20)23-19(27)4-9-26/h2-3,10-12,14,26H,4-9,13H2,1H3,(H,23,27). The molecule has 4 rings (SSSR count). The first kappa shape index (κ1) is 19.4. The third-order valence-corrected chi connectivity index (χ3v) is 5.28. The maximum atomic E-state index is 11.5. The Morgan fingerprint density at radius 2 is 1.90 bits per heavy atom. The van der Waals surface area contributed by atoms with Crippen molar-refractivity contribution >= 4 is 17.5 Å². The number of hydrogen-bond donors (Lipinski definition) is 2. The van der Waals surface area contributed by atoms with Crippen LogP contribution in [0.1, 0.15) is 24.9 Å². The van der Waals surface area contributed by atoms with Gasteiger partial charge in [0.1, 0.15) is 0 Å². The normalized spacial score (nSPS) is 17.2. The van der Waals surface area contributed by atoms with E-state index in [-0.39, 0.29) is 31.8 Å². The molecule has 2 aromatic rings. The molecule has 0 saturated carbocycles. The predicted octanol–water partition coefficient (Wildman–Crippen LogP) is 1.41. The van der Waals surface area contributed by atoms with E-state index in [0.29, 0.717) is 11.6 Å². The summed E-state index contributed by atoms with van der Waals surface area (Å²) in [5.41, 5.74) is 1.74. The van der Waals surface area contributed by atoms with Crippen LogP contribution in [0.15, 0.2) is 30.6 Å². The van der Waals surface area contributed by atoms with Gasteiger partial charge in [0.05, 0.1) is 31.1 Å². The Labute approximate surface area is 169 Å². The third-order valence-electron chi connectivity index (χ3n) is 5.28. The first-order valence-corrected chi connectivity index (χ1v) is 9.75. The molecular weight excluding hydrogens is 374 g/mol. The van der Waals surface area contributed by atoms with E-state index in [1.54, 1.807) is 12.4 Å². The number of nitrogens with one attached hydrogen (secondary N) is 1. The van der Waals surface area contributed by atoms with Crippen molar-refractivity contribution in [2.24, 2.45) is 0 Å². The summed E-state index contributed by atoms with van der Waals surface area (Å²) >= 11 is 0. The lowest BCUT2D eigenvalue weighted by Crippen LogP contribution is -2.47. The average Bonchev–Trinajstić information content (AvgIpc) is 3.22. The second-order valence-corrected chi connectivity index (χ2v) is 7.11. The lowest BCUT2D eigenvalue weighted by molar-refractivity contribution is -0.116. The van der Waals surface area contributed by atoms with Gasteiger partial charge in [0.25, 0.3) is 0 Å². The Kier molecular flexibility index (Phi) is 5.77. The van der Waals surface area contributed by atoms with Crippen LogP contribution >= 0.6 is 0 Å². The smallest absolute Gasteiger partial charge is 0.231 e. The molecule has 3 heterocycles. The van der Waals surface area contributed by atoms with E-state index in [0.717, 1.165) is 37.7 Å². The highest BCUT2D eigenvalue weighted by atomic mass is 16.7. The van der Waals surface area contributed by atoms with Crippen LogP contribution < -0.4 is 19.7 Å². The van der Waals surface area contributed by atoms with Crippen molar-refractivity contribution in [3.63, 3.8) is 0 Å². The van der Waals surface area contributed by atoms with Crippen molar-refractivity contribution < 1.29 is 19.4 Å². The summed E-state index contributed by atoms with van der Waals surface area (Å²) in [5.74, 6) is 2.02. The largest absolute Gasteiger partial charge is 0.454 e. The van der Waals surface area contributed by atoms with Crippen LogP contribution in [0.4, 0.5) is 11.6 Å². The Bertz CT molecular complexity index is 852. The minimum absolute atomic E-state index is 0.0608. The highest BCUT2D eigenvalue weighted by Crippen LogP contribution is 2.35. The fourth-order valence-corrected chi connectivity index (χ4v) is 3.57. The summed E-state index contributed by atoms with van der Waals surface area (Å²) < 4.78 is 10.9. The monoisotopic (exact) mass is 399 g/mol.